The lowest BCUT2D eigenvalue weighted by molar-refractivity contribution is -0.112. The van der Waals surface area contributed by atoms with Crippen LogP contribution in [0.25, 0.3) is 0 Å². The van der Waals surface area contributed by atoms with Gasteiger partial charge in [0.1, 0.15) is 17.3 Å². The third-order valence-electron chi connectivity index (χ3n) is 5.15. The average Bonchev–Trinajstić information content (AvgIpc) is 3.40. The van der Waals surface area contributed by atoms with Crippen LogP contribution >= 0.6 is 0 Å². The van der Waals surface area contributed by atoms with Gasteiger partial charge in [-0.05, 0) is 42.8 Å². The van der Waals surface area contributed by atoms with Gasteiger partial charge in [-0.3, -0.25) is 14.6 Å². The molecule has 10 heteroatoms. The highest BCUT2D eigenvalue weighted by Crippen LogP contribution is 2.28. The van der Waals surface area contributed by atoms with Gasteiger partial charge >= 0.3 is 0 Å². The molecular weight excluding hydrogens is 453 g/mol. The van der Waals surface area contributed by atoms with E-state index in [9.17, 15) is 14.0 Å². The maximum absolute atomic E-state index is 13.8. The lowest BCUT2D eigenvalue weighted by Gasteiger charge is -2.13. The fourth-order valence-corrected chi connectivity index (χ4v) is 3.33. The van der Waals surface area contributed by atoms with Gasteiger partial charge in [0.05, 0.1) is 19.2 Å². The molecule has 0 radical (unpaired) electrons. The van der Waals surface area contributed by atoms with Crippen molar-refractivity contribution in [2.75, 3.05) is 19.0 Å². The van der Waals surface area contributed by atoms with Gasteiger partial charge in [-0.1, -0.05) is 6.07 Å². The SMILES string of the molecule is COc1ncc(CNC(=O)c2cccc(Oc3ccnc(NC(=O)C4=CCN=C4)c3)c2C)cc1F. The molecule has 178 valence electrons. The van der Waals surface area contributed by atoms with Crippen molar-refractivity contribution in [1.82, 2.24) is 15.3 Å². The van der Waals surface area contributed by atoms with Gasteiger partial charge < -0.3 is 20.1 Å². The summed E-state index contributed by atoms with van der Waals surface area (Å²) in [5.74, 6) is -0.152. The number of methoxy groups -OCH3 is 1. The maximum Gasteiger partial charge on any atom is 0.258 e. The number of anilines is 1. The summed E-state index contributed by atoms with van der Waals surface area (Å²) in [6.07, 6.45) is 6.18. The monoisotopic (exact) mass is 475 g/mol. The number of ether oxygens (including phenoxy) is 2. The molecule has 1 aliphatic rings. The van der Waals surface area contributed by atoms with Gasteiger partial charge in [0.2, 0.25) is 5.88 Å². The van der Waals surface area contributed by atoms with Crippen LogP contribution in [0.15, 0.2) is 65.4 Å². The molecule has 0 bridgehead atoms. The normalized spacial score (nSPS) is 12.1. The van der Waals surface area contributed by atoms with Crippen molar-refractivity contribution in [2.45, 2.75) is 13.5 Å². The largest absolute Gasteiger partial charge is 0.479 e. The Bertz CT molecular complexity index is 1340. The second kappa shape index (κ2) is 10.6. The van der Waals surface area contributed by atoms with E-state index in [1.807, 2.05) is 0 Å². The summed E-state index contributed by atoms with van der Waals surface area (Å²) in [4.78, 5) is 37.0. The van der Waals surface area contributed by atoms with Crippen LogP contribution in [-0.2, 0) is 11.3 Å². The van der Waals surface area contributed by atoms with Crippen molar-refractivity contribution in [1.29, 1.82) is 0 Å². The molecule has 35 heavy (non-hydrogen) atoms. The summed E-state index contributed by atoms with van der Waals surface area (Å²) >= 11 is 0. The van der Waals surface area contributed by atoms with Crippen LogP contribution in [0.2, 0.25) is 0 Å². The standard InChI is InChI=1S/C25H22FN5O4/c1-15-19(24(33)29-12-16-10-20(26)25(34-2)30-13-16)4-3-5-21(15)35-18-7-9-28-22(11-18)31-23(32)17-6-8-27-14-17/h3-7,9-11,13-14H,8,12H2,1-2H3,(H,29,33)(H,28,31,32). The van der Waals surface area contributed by atoms with Crippen LogP contribution in [0.5, 0.6) is 17.4 Å². The Hall–Kier alpha value is -4.60. The van der Waals surface area contributed by atoms with E-state index in [-0.39, 0.29) is 24.2 Å². The number of nitrogens with zero attached hydrogens (tertiary/aromatic N) is 3. The quantitative estimate of drug-likeness (QED) is 0.515. The summed E-state index contributed by atoms with van der Waals surface area (Å²) in [7, 11) is 1.33. The minimum absolute atomic E-state index is 0.0891. The highest BCUT2D eigenvalue weighted by atomic mass is 19.1. The number of carbonyl (C=O) groups excluding carboxylic acids is 2. The van der Waals surface area contributed by atoms with E-state index in [1.54, 1.807) is 43.3 Å². The molecule has 0 aliphatic carbocycles. The molecule has 0 unspecified atom stereocenters. The summed E-state index contributed by atoms with van der Waals surface area (Å²) in [5, 5.41) is 5.46. The van der Waals surface area contributed by atoms with E-state index < -0.39 is 5.82 Å². The molecule has 2 aromatic heterocycles. The zero-order valence-corrected chi connectivity index (χ0v) is 19.0. The van der Waals surface area contributed by atoms with Crippen molar-refractivity contribution < 1.29 is 23.5 Å². The van der Waals surface area contributed by atoms with E-state index >= 15 is 0 Å². The fourth-order valence-electron chi connectivity index (χ4n) is 3.33. The number of aliphatic imine (C=N–C) groups is 1. The number of amides is 2. The molecule has 0 spiro atoms. The van der Waals surface area contributed by atoms with Crippen LogP contribution in [0, 0.1) is 12.7 Å². The number of benzene rings is 1. The molecule has 0 atom stereocenters. The predicted molar refractivity (Wildman–Crippen MR) is 127 cm³/mol. The summed E-state index contributed by atoms with van der Waals surface area (Å²) in [6, 6.07) is 9.58. The molecular formula is C25H22FN5O4. The lowest BCUT2D eigenvalue weighted by Crippen LogP contribution is -2.24. The summed E-state index contributed by atoms with van der Waals surface area (Å²) < 4.78 is 24.6. The third kappa shape index (κ3) is 5.67. The Balaban J connectivity index is 1.43. The fraction of sp³-hybridized carbons (Fsp3) is 0.160. The molecule has 4 rings (SSSR count). The molecule has 2 amide bonds. The van der Waals surface area contributed by atoms with Crippen molar-refractivity contribution in [3.05, 3.63) is 82.9 Å². The number of rotatable bonds is 8. The second-order valence-corrected chi connectivity index (χ2v) is 7.53. The number of carbonyl (C=O) groups is 2. The predicted octanol–water partition coefficient (Wildman–Crippen LogP) is 3.60. The molecule has 2 N–H and O–H groups in total. The van der Waals surface area contributed by atoms with Gasteiger partial charge in [-0.15, -0.1) is 0 Å². The highest BCUT2D eigenvalue weighted by Gasteiger charge is 2.15. The highest BCUT2D eigenvalue weighted by molar-refractivity contribution is 6.18. The van der Waals surface area contributed by atoms with Gasteiger partial charge in [-0.2, -0.15) is 0 Å². The van der Waals surface area contributed by atoms with E-state index in [0.717, 1.165) is 0 Å². The third-order valence-corrected chi connectivity index (χ3v) is 5.15. The minimum atomic E-state index is -0.605. The minimum Gasteiger partial charge on any atom is -0.479 e. The summed E-state index contributed by atoms with van der Waals surface area (Å²) in [6.45, 7) is 2.33. The molecule has 3 heterocycles. The van der Waals surface area contributed by atoms with Gasteiger partial charge in [-0.25, -0.2) is 14.4 Å². The van der Waals surface area contributed by atoms with Crippen LogP contribution < -0.4 is 20.1 Å². The first kappa shape index (κ1) is 23.6. The summed E-state index contributed by atoms with van der Waals surface area (Å²) in [5.41, 5.74) is 1.98. The maximum atomic E-state index is 13.8. The van der Waals surface area contributed by atoms with Crippen LogP contribution in [0.4, 0.5) is 10.2 Å². The molecule has 0 saturated heterocycles. The van der Waals surface area contributed by atoms with Gasteiger partial charge in [0, 0.05) is 42.3 Å². The molecule has 3 aromatic rings. The van der Waals surface area contributed by atoms with Crippen LogP contribution in [0.1, 0.15) is 21.5 Å². The van der Waals surface area contributed by atoms with E-state index in [2.05, 4.69) is 25.6 Å². The zero-order chi connectivity index (χ0) is 24.8. The van der Waals surface area contributed by atoms with E-state index in [1.165, 1.54) is 31.8 Å². The Kier molecular flexibility index (Phi) is 7.10. The average molecular weight is 475 g/mol. The first-order valence-corrected chi connectivity index (χ1v) is 10.7. The van der Waals surface area contributed by atoms with Gasteiger partial charge in [0.15, 0.2) is 5.82 Å². The Morgan fingerprint density at radius 2 is 2.00 bits per heavy atom. The molecule has 0 fully saturated rings. The van der Waals surface area contributed by atoms with Gasteiger partial charge in [0.25, 0.3) is 11.8 Å². The number of hydrogen-bond acceptors (Lipinski definition) is 7. The number of halogens is 1. The first-order valence-electron chi connectivity index (χ1n) is 10.7. The lowest BCUT2D eigenvalue weighted by atomic mass is 10.1. The molecule has 9 nitrogen and oxygen atoms in total. The van der Waals surface area contributed by atoms with Crippen molar-refractivity contribution in [3.8, 4) is 17.4 Å². The van der Waals surface area contributed by atoms with Crippen LogP contribution in [0.3, 0.4) is 0 Å². The Labute approximate surface area is 200 Å². The zero-order valence-electron chi connectivity index (χ0n) is 19.0. The van der Waals surface area contributed by atoms with Crippen LogP contribution in [-0.4, -0.2) is 41.7 Å². The Morgan fingerprint density at radius 1 is 1.14 bits per heavy atom. The van der Waals surface area contributed by atoms with Crippen molar-refractivity contribution >= 4 is 23.8 Å². The Morgan fingerprint density at radius 3 is 2.74 bits per heavy atom. The molecule has 1 aromatic carbocycles. The molecule has 0 saturated carbocycles. The second-order valence-electron chi connectivity index (χ2n) is 7.53. The topological polar surface area (TPSA) is 115 Å². The van der Waals surface area contributed by atoms with E-state index in [0.29, 0.717) is 46.1 Å². The molecule has 1 aliphatic heterocycles. The van der Waals surface area contributed by atoms with E-state index in [4.69, 9.17) is 9.47 Å². The smallest absolute Gasteiger partial charge is 0.258 e. The number of nitrogens with one attached hydrogen (secondary N) is 2. The van der Waals surface area contributed by atoms with Crippen molar-refractivity contribution in [2.24, 2.45) is 4.99 Å². The number of hydrogen-bond donors (Lipinski definition) is 2. The number of pyridine rings is 2. The first-order chi connectivity index (χ1) is 16.9. The van der Waals surface area contributed by atoms with Crippen molar-refractivity contribution in [3.63, 3.8) is 0 Å². The number of aromatic nitrogens is 2.